The van der Waals surface area contributed by atoms with E-state index in [1.807, 2.05) is 0 Å². The second kappa shape index (κ2) is 11.6. The number of carboxylic acids is 1. The van der Waals surface area contributed by atoms with Crippen LogP contribution >= 0.6 is 0 Å². The number of anilines is 2. The Morgan fingerprint density at radius 2 is 1.97 bits per heavy atom. The number of aromatic nitrogens is 4. The Balaban J connectivity index is 0.000000479. The molecule has 1 aliphatic heterocycles. The van der Waals surface area contributed by atoms with Crippen molar-refractivity contribution in [3.05, 3.63) is 18.5 Å². The normalized spacial score (nSPS) is 18.5. The van der Waals surface area contributed by atoms with Gasteiger partial charge in [0.25, 0.3) is 0 Å². The minimum absolute atomic E-state index is 0.0754. The minimum Gasteiger partial charge on any atom is -0.475 e. The summed E-state index contributed by atoms with van der Waals surface area (Å²) in [5, 5.41) is 19.7. The molecule has 2 atom stereocenters. The predicted molar refractivity (Wildman–Crippen MR) is 105 cm³/mol. The molecule has 3 heterocycles. The molecule has 2 aromatic rings. The van der Waals surface area contributed by atoms with Crippen LogP contribution in [-0.2, 0) is 4.79 Å². The van der Waals surface area contributed by atoms with Crippen molar-refractivity contribution < 1.29 is 41.3 Å². The monoisotopic (exact) mass is 482 g/mol. The predicted octanol–water partition coefficient (Wildman–Crippen LogP) is 3.33. The number of hydrogen-bond donors (Lipinski definition) is 4. The van der Waals surface area contributed by atoms with E-state index in [0.717, 1.165) is 19.4 Å². The Bertz CT molecular complexity index is 895. The van der Waals surface area contributed by atoms with E-state index in [1.54, 1.807) is 6.20 Å². The molecular weight excluding hydrogens is 459 g/mol. The summed E-state index contributed by atoms with van der Waals surface area (Å²) < 4.78 is 66.2. The molecule has 33 heavy (non-hydrogen) atoms. The number of carboxylic acid groups (broad SMARTS) is 1. The quantitative estimate of drug-likeness (QED) is 0.439. The van der Waals surface area contributed by atoms with Gasteiger partial charge in [0.1, 0.15) is 11.9 Å². The molecule has 10 nitrogen and oxygen atoms in total. The summed E-state index contributed by atoms with van der Waals surface area (Å²) in [6.45, 7) is 2.34. The number of ether oxygens (including phenoxy) is 2. The Morgan fingerprint density at radius 3 is 2.58 bits per heavy atom. The molecule has 0 aliphatic carbocycles. The Kier molecular flexibility index (Phi) is 9.13. The number of nitrogens with zero attached hydrogens (tertiary/aromatic N) is 3. The minimum atomic E-state index is -5.08. The molecule has 1 fully saturated rings. The molecule has 15 heteroatoms. The first-order valence-corrected chi connectivity index (χ1v) is 9.73. The van der Waals surface area contributed by atoms with Crippen LogP contribution in [0.15, 0.2) is 18.5 Å². The van der Waals surface area contributed by atoms with Gasteiger partial charge in [0.2, 0.25) is 11.8 Å². The van der Waals surface area contributed by atoms with Gasteiger partial charge in [-0.3, -0.25) is 10.1 Å². The van der Waals surface area contributed by atoms with E-state index in [2.05, 4.69) is 49.4 Å². The molecule has 2 aromatic heterocycles. The maximum Gasteiger partial charge on any atom is 0.490 e. The fourth-order valence-corrected chi connectivity index (χ4v) is 2.82. The number of aliphatic carboxylic acids is 1. The van der Waals surface area contributed by atoms with E-state index in [4.69, 9.17) is 14.6 Å². The zero-order valence-electron chi connectivity index (χ0n) is 17.6. The molecule has 1 aliphatic rings. The molecule has 3 rings (SSSR count). The smallest absolute Gasteiger partial charge is 0.475 e. The van der Waals surface area contributed by atoms with E-state index in [-0.39, 0.29) is 12.0 Å². The summed E-state index contributed by atoms with van der Waals surface area (Å²) in [6, 6.07) is 1.72. The molecule has 0 unspecified atom stereocenters. The first kappa shape index (κ1) is 26.0. The lowest BCUT2D eigenvalue weighted by molar-refractivity contribution is -0.192. The number of nitrogens with one attached hydrogen (secondary N) is 3. The van der Waals surface area contributed by atoms with E-state index in [0.29, 0.717) is 29.5 Å². The van der Waals surface area contributed by atoms with Crippen molar-refractivity contribution in [1.82, 2.24) is 25.5 Å². The Morgan fingerprint density at radius 1 is 1.27 bits per heavy atom. The third-order valence-corrected chi connectivity index (χ3v) is 4.36. The lowest BCUT2D eigenvalue weighted by Gasteiger charge is -2.32. The summed E-state index contributed by atoms with van der Waals surface area (Å²) in [6.07, 6.45) is -0.147. The summed E-state index contributed by atoms with van der Waals surface area (Å²) in [5.41, 5.74) is 0. The Labute approximate surface area is 184 Å². The molecule has 0 spiro atoms. The van der Waals surface area contributed by atoms with Crippen molar-refractivity contribution in [2.75, 3.05) is 11.9 Å². The number of alkyl halides is 5. The maximum atomic E-state index is 12.2. The standard InChI is InChI=1S/C16H22F2N6O2.C2HF3O2/c1-9(2)11-5-10(3-4-20-11)25-15-8-19-7-13(22-15)21-12-6-14(24-23-12)26-16(17)18;3-2(4,5)1(6)7/h6-11,16,20H,3-5H2,1-2H3,(H2,21,22,23,24);(H,6,7)/t10-,11+;/m0./s1. The van der Waals surface area contributed by atoms with Crippen molar-refractivity contribution in [2.45, 2.75) is 51.6 Å². The molecule has 184 valence electrons. The molecule has 0 bridgehead atoms. The number of piperidine rings is 1. The molecular formula is C18H23F5N6O4. The highest BCUT2D eigenvalue weighted by atomic mass is 19.4. The van der Waals surface area contributed by atoms with Crippen molar-refractivity contribution >= 4 is 17.6 Å². The van der Waals surface area contributed by atoms with Crippen LogP contribution in [0.1, 0.15) is 26.7 Å². The van der Waals surface area contributed by atoms with Gasteiger partial charge < -0.3 is 25.2 Å². The molecule has 0 amide bonds. The first-order chi connectivity index (χ1) is 15.4. The van der Waals surface area contributed by atoms with Gasteiger partial charge in [-0.15, -0.1) is 5.10 Å². The average molecular weight is 482 g/mol. The molecule has 0 radical (unpaired) electrons. The first-order valence-electron chi connectivity index (χ1n) is 9.73. The zero-order valence-corrected chi connectivity index (χ0v) is 17.6. The van der Waals surface area contributed by atoms with Crippen molar-refractivity contribution in [3.8, 4) is 11.8 Å². The summed E-state index contributed by atoms with van der Waals surface area (Å²) in [7, 11) is 0. The number of carbonyl (C=O) groups is 1. The number of halogens is 5. The van der Waals surface area contributed by atoms with Crippen molar-refractivity contribution in [1.29, 1.82) is 0 Å². The van der Waals surface area contributed by atoms with Crippen LogP contribution in [0.25, 0.3) is 0 Å². The summed E-state index contributed by atoms with van der Waals surface area (Å²) in [4.78, 5) is 17.3. The number of rotatable bonds is 7. The number of hydrogen-bond acceptors (Lipinski definition) is 8. The van der Waals surface area contributed by atoms with Gasteiger partial charge in [-0.1, -0.05) is 13.8 Å². The second-order valence-electron chi connectivity index (χ2n) is 7.24. The van der Waals surface area contributed by atoms with Gasteiger partial charge >= 0.3 is 18.8 Å². The third kappa shape index (κ3) is 9.03. The molecule has 0 saturated carbocycles. The molecule has 4 N–H and O–H groups in total. The van der Waals surface area contributed by atoms with E-state index in [9.17, 15) is 22.0 Å². The molecule has 1 saturated heterocycles. The fraction of sp³-hybridized carbons (Fsp3) is 0.556. The highest BCUT2D eigenvalue weighted by Gasteiger charge is 2.38. The van der Waals surface area contributed by atoms with E-state index in [1.165, 1.54) is 12.3 Å². The topological polar surface area (TPSA) is 134 Å². The Hall–Kier alpha value is -3.23. The zero-order chi connectivity index (χ0) is 24.6. The summed E-state index contributed by atoms with van der Waals surface area (Å²) in [5.74, 6) is -1.26. The number of H-pyrrole nitrogens is 1. The summed E-state index contributed by atoms with van der Waals surface area (Å²) >= 11 is 0. The van der Waals surface area contributed by atoms with Gasteiger partial charge in [0.15, 0.2) is 5.82 Å². The highest BCUT2D eigenvalue weighted by Crippen LogP contribution is 2.22. The van der Waals surface area contributed by atoms with Crippen LogP contribution < -0.4 is 20.1 Å². The van der Waals surface area contributed by atoms with Crippen LogP contribution in [-0.4, -0.2) is 62.7 Å². The SMILES string of the molecule is CC(C)[C@H]1C[C@@H](Oc2cncc(Nc3cc(OC(F)F)n[nH]3)n2)CCN1.O=C(O)C(F)(F)F. The van der Waals surface area contributed by atoms with Crippen molar-refractivity contribution in [3.63, 3.8) is 0 Å². The van der Waals surface area contributed by atoms with Crippen LogP contribution in [0.5, 0.6) is 11.8 Å². The lowest BCUT2D eigenvalue weighted by Crippen LogP contribution is -2.45. The largest absolute Gasteiger partial charge is 0.490 e. The van der Waals surface area contributed by atoms with Gasteiger partial charge in [-0.25, -0.2) is 4.79 Å². The molecule has 0 aromatic carbocycles. The van der Waals surface area contributed by atoms with Crippen LogP contribution in [0.4, 0.5) is 33.6 Å². The van der Waals surface area contributed by atoms with Gasteiger partial charge in [-0.05, 0) is 25.3 Å². The average Bonchev–Trinajstić information content (AvgIpc) is 3.14. The van der Waals surface area contributed by atoms with Gasteiger partial charge in [0, 0.05) is 12.1 Å². The van der Waals surface area contributed by atoms with E-state index >= 15 is 0 Å². The van der Waals surface area contributed by atoms with Crippen LogP contribution in [0.3, 0.4) is 0 Å². The van der Waals surface area contributed by atoms with Gasteiger partial charge in [-0.2, -0.15) is 26.9 Å². The van der Waals surface area contributed by atoms with Gasteiger partial charge in [0.05, 0.1) is 12.4 Å². The number of aromatic amines is 1. The third-order valence-electron chi connectivity index (χ3n) is 4.36. The highest BCUT2D eigenvalue weighted by molar-refractivity contribution is 5.73. The second-order valence-corrected chi connectivity index (χ2v) is 7.24. The fourth-order valence-electron chi connectivity index (χ4n) is 2.82. The maximum absolute atomic E-state index is 12.2. The van der Waals surface area contributed by atoms with Crippen LogP contribution in [0, 0.1) is 5.92 Å². The van der Waals surface area contributed by atoms with E-state index < -0.39 is 18.8 Å². The lowest BCUT2D eigenvalue weighted by atomic mass is 9.93. The van der Waals surface area contributed by atoms with Crippen molar-refractivity contribution in [2.24, 2.45) is 5.92 Å². The van der Waals surface area contributed by atoms with Crippen LogP contribution in [0.2, 0.25) is 0 Å².